The van der Waals surface area contributed by atoms with Crippen LogP contribution in [0.25, 0.3) is 0 Å². The molecule has 6 heteroatoms. The zero-order valence-corrected chi connectivity index (χ0v) is 11.3. The molecule has 2 N–H and O–H groups in total. The van der Waals surface area contributed by atoms with Crippen LogP contribution in [0.3, 0.4) is 0 Å². The van der Waals surface area contributed by atoms with Crippen LogP contribution in [0.4, 0.5) is 0 Å². The van der Waals surface area contributed by atoms with Crippen molar-refractivity contribution in [2.75, 3.05) is 33.7 Å². The molecule has 1 fully saturated rings. The van der Waals surface area contributed by atoms with E-state index in [-0.39, 0.29) is 30.1 Å². The van der Waals surface area contributed by atoms with E-state index in [0.717, 1.165) is 25.9 Å². The summed E-state index contributed by atoms with van der Waals surface area (Å²) in [4.78, 5) is 24.5. The van der Waals surface area contributed by atoms with Crippen molar-refractivity contribution < 1.29 is 9.59 Å². The predicted octanol–water partition coefficient (Wildman–Crippen LogP) is 0.00230. The van der Waals surface area contributed by atoms with E-state index in [1.165, 1.54) is 4.90 Å². The van der Waals surface area contributed by atoms with Crippen molar-refractivity contribution in [2.24, 2.45) is 5.92 Å². The highest BCUT2D eigenvalue weighted by atomic mass is 35.5. The monoisotopic (exact) mass is 263 g/mol. The van der Waals surface area contributed by atoms with Crippen LogP contribution in [0.1, 0.15) is 19.3 Å². The summed E-state index contributed by atoms with van der Waals surface area (Å²) in [6.07, 6.45) is 2.37. The zero-order valence-electron chi connectivity index (χ0n) is 10.5. The standard InChI is InChI=1S/C11H21N3O2.ClH/c1-14(2)10(15)5-7-13-11(16)9-4-3-6-12-8-9;/h9,12H,3-8H2,1-2H3,(H,13,16);1H. The number of hydrogen-bond acceptors (Lipinski definition) is 3. The average molecular weight is 264 g/mol. The number of carbonyl (C=O) groups is 2. The highest BCUT2D eigenvalue weighted by Gasteiger charge is 2.20. The fourth-order valence-electron chi connectivity index (χ4n) is 1.74. The minimum atomic E-state index is 0. The van der Waals surface area contributed by atoms with Crippen molar-refractivity contribution in [2.45, 2.75) is 19.3 Å². The topological polar surface area (TPSA) is 61.4 Å². The van der Waals surface area contributed by atoms with Crippen molar-refractivity contribution in [3.63, 3.8) is 0 Å². The Kier molecular flexibility index (Phi) is 7.91. The lowest BCUT2D eigenvalue weighted by atomic mass is 9.99. The van der Waals surface area contributed by atoms with Gasteiger partial charge in [0.1, 0.15) is 0 Å². The lowest BCUT2D eigenvalue weighted by Crippen LogP contribution is -2.41. The van der Waals surface area contributed by atoms with Crippen LogP contribution in [-0.2, 0) is 9.59 Å². The Morgan fingerprint density at radius 1 is 1.41 bits per heavy atom. The SMILES string of the molecule is CN(C)C(=O)CCNC(=O)C1CCCNC1.Cl. The van der Waals surface area contributed by atoms with Gasteiger partial charge in [0, 0.05) is 33.6 Å². The fourth-order valence-corrected chi connectivity index (χ4v) is 1.74. The number of nitrogens with zero attached hydrogens (tertiary/aromatic N) is 1. The molecule has 0 aromatic carbocycles. The molecule has 1 saturated heterocycles. The Morgan fingerprint density at radius 2 is 2.12 bits per heavy atom. The molecule has 0 saturated carbocycles. The van der Waals surface area contributed by atoms with E-state index in [9.17, 15) is 9.59 Å². The molecule has 17 heavy (non-hydrogen) atoms. The minimum absolute atomic E-state index is 0. The van der Waals surface area contributed by atoms with Gasteiger partial charge in [-0.05, 0) is 19.4 Å². The van der Waals surface area contributed by atoms with Crippen molar-refractivity contribution >= 4 is 24.2 Å². The lowest BCUT2D eigenvalue weighted by Gasteiger charge is -2.21. The summed E-state index contributed by atoms with van der Waals surface area (Å²) in [5, 5.41) is 6.01. The molecule has 1 heterocycles. The first-order chi connectivity index (χ1) is 7.61. The van der Waals surface area contributed by atoms with E-state index < -0.39 is 0 Å². The molecule has 0 spiro atoms. The maximum atomic E-state index is 11.7. The van der Waals surface area contributed by atoms with E-state index >= 15 is 0 Å². The van der Waals surface area contributed by atoms with Gasteiger partial charge in [0.2, 0.25) is 11.8 Å². The summed E-state index contributed by atoms with van der Waals surface area (Å²) in [5.74, 6) is 0.184. The molecule has 1 aliphatic heterocycles. The van der Waals surface area contributed by atoms with Crippen LogP contribution >= 0.6 is 12.4 Å². The van der Waals surface area contributed by atoms with E-state index in [1.807, 2.05) is 0 Å². The third kappa shape index (κ3) is 5.89. The maximum absolute atomic E-state index is 11.7. The van der Waals surface area contributed by atoms with Crippen LogP contribution in [0, 0.1) is 5.92 Å². The molecule has 0 radical (unpaired) electrons. The Labute approximate surface area is 109 Å². The van der Waals surface area contributed by atoms with Crippen molar-refractivity contribution in [3.8, 4) is 0 Å². The van der Waals surface area contributed by atoms with Gasteiger partial charge in [-0.3, -0.25) is 9.59 Å². The first-order valence-electron chi connectivity index (χ1n) is 5.80. The van der Waals surface area contributed by atoms with E-state index in [1.54, 1.807) is 14.1 Å². The van der Waals surface area contributed by atoms with Gasteiger partial charge in [0.15, 0.2) is 0 Å². The first kappa shape index (κ1) is 16.2. The molecular weight excluding hydrogens is 242 g/mol. The van der Waals surface area contributed by atoms with Gasteiger partial charge in [-0.25, -0.2) is 0 Å². The van der Waals surface area contributed by atoms with Crippen molar-refractivity contribution in [1.29, 1.82) is 0 Å². The van der Waals surface area contributed by atoms with Gasteiger partial charge >= 0.3 is 0 Å². The summed E-state index contributed by atoms with van der Waals surface area (Å²) in [6.45, 7) is 2.20. The zero-order chi connectivity index (χ0) is 12.0. The van der Waals surface area contributed by atoms with Gasteiger partial charge in [-0.1, -0.05) is 0 Å². The summed E-state index contributed by atoms with van der Waals surface area (Å²) in [6, 6.07) is 0. The molecule has 100 valence electrons. The maximum Gasteiger partial charge on any atom is 0.224 e. The van der Waals surface area contributed by atoms with Crippen molar-refractivity contribution in [3.05, 3.63) is 0 Å². The smallest absolute Gasteiger partial charge is 0.224 e. The summed E-state index contributed by atoms with van der Waals surface area (Å²) >= 11 is 0. The molecule has 0 aromatic rings. The number of rotatable bonds is 4. The Bertz CT molecular complexity index is 253. The van der Waals surface area contributed by atoms with Gasteiger partial charge in [0.05, 0.1) is 5.92 Å². The highest BCUT2D eigenvalue weighted by Crippen LogP contribution is 2.09. The molecular formula is C11H22ClN3O2. The largest absolute Gasteiger partial charge is 0.355 e. The van der Waals surface area contributed by atoms with E-state index in [2.05, 4.69) is 10.6 Å². The number of nitrogens with one attached hydrogen (secondary N) is 2. The second-order valence-corrected chi connectivity index (χ2v) is 4.37. The molecule has 0 aromatic heterocycles. The highest BCUT2D eigenvalue weighted by molar-refractivity contribution is 5.85. The second kappa shape index (κ2) is 8.31. The second-order valence-electron chi connectivity index (χ2n) is 4.37. The predicted molar refractivity (Wildman–Crippen MR) is 69.2 cm³/mol. The number of amides is 2. The Morgan fingerprint density at radius 3 is 2.65 bits per heavy atom. The molecule has 1 atom stereocenters. The number of carbonyl (C=O) groups excluding carboxylic acids is 2. The lowest BCUT2D eigenvalue weighted by molar-refractivity contribution is -0.129. The molecule has 1 rings (SSSR count). The third-order valence-electron chi connectivity index (χ3n) is 2.80. The fraction of sp³-hybridized carbons (Fsp3) is 0.818. The van der Waals surface area contributed by atoms with Crippen LogP contribution in [0.2, 0.25) is 0 Å². The molecule has 5 nitrogen and oxygen atoms in total. The molecule has 2 amide bonds. The summed E-state index contributed by atoms with van der Waals surface area (Å²) in [7, 11) is 3.43. The van der Waals surface area contributed by atoms with Crippen LogP contribution < -0.4 is 10.6 Å². The van der Waals surface area contributed by atoms with Crippen LogP contribution in [0.15, 0.2) is 0 Å². The van der Waals surface area contributed by atoms with Gasteiger partial charge < -0.3 is 15.5 Å². The third-order valence-corrected chi connectivity index (χ3v) is 2.80. The van der Waals surface area contributed by atoms with E-state index in [0.29, 0.717) is 13.0 Å². The molecule has 1 aliphatic rings. The number of piperidine rings is 1. The molecule has 0 bridgehead atoms. The number of hydrogen-bond donors (Lipinski definition) is 2. The molecule has 1 unspecified atom stereocenters. The first-order valence-corrected chi connectivity index (χ1v) is 5.80. The Hall–Kier alpha value is -0.810. The summed E-state index contributed by atoms with van der Waals surface area (Å²) in [5.41, 5.74) is 0. The van der Waals surface area contributed by atoms with E-state index in [4.69, 9.17) is 0 Å². The van der Waals surface area contributed by atoms with Gasteiger partial charge in [0.25, 0.3) is 0 Å². The summed E-state index contributed by atoms with van der Waals surface area (Å²) < 4.78 is 0. The Balaban J connectivity index is 0.00000256. The quantitative estimate of drug-likeness (QED) is 0.751. The average Bonchev–Trinajstić information content (AvgIpc) is 2.29. The normalized spacial score (nSPS) is 19.1. The van der Waals surface area contributed by atoms with Crippen LogP contribution in [0.5, 0.6) is 0 Å². The van der Waals surface area contributed by atoms with Crippen LogP contribution in [-0.4, -0.2) is 50.4 Å². The van der Waals surface area contributed by atoms with Crippen molar-refractivity contribution in [1.82, 2.24) is 15.5 Å². The van der Waals surface area contributed by atoms with Gasteiger partial charge in [-0.2, -0.15) is 0 Å². The number of halogens is 1. The van der Waals surface area contributed by atoms with Gasteiger partial charge in [-0.15, -0.1) is 12.4 Å². The molecule has 0 aliphatic carbocycles. The minimum Gasteiger partial charge on any atom is -0.355 e.